The van der Waals surface area contributed by atoms with E-state index in [0.29, 0.717) is 11.5 Å². The number of rotatable bonds is 12. The van der Waals surface area contributed by atoms with Crippen molar-refractivity contribution in [3.8, 4) is 11.5 Å². The van der Waals surface area contributed by atoms with Gasteiger partial charge in [-0.2, -0.15) is 0 Å². The first-order valence-corrected chi connectivity index (χ1v) is 15.1. The molecule has 1 aliphatic rings. The molecule has 0 saturated heterocycles. The van der Waals surface area contributed by atoms with Gasteiger partial charge in [-0.3, -0.25) is 13.9 Å². The lowest BCUT2D eigenvalue weighted by atomic mass is 10.0. The standard InChI is InChI=1S/C30H35N3O6S/c1-4-22(2)31-30(35)26(17-23-11-7-5-8-12-23)32(19-24-13-9-6-10-14-24)29(34)20-33(40(3,36)37)25-15-16-27-28(18-25)39-21-38-27/h5-16,18,22,26H,4,17,19-21H2,1-3H3,(H,31,35)/t22-,26+/m0/s1. The highest BCUT2D eigenvalue weighted by atomic mass is 32.2. The van der Waals surface area contributed by atoms with Gasteiger partial charge in [0.2, 0.25) is 28.6 Å². The first kappa shape index (κ1) is 28.9. The van der Waals surface area contributed by atoms with Crippen LogP contribution in [0.1, 0.15) is 31.4 Å². The molecule has 1 heterocycles. The highest BCUT2D eigenvalue weighted by Gasteiger charge is 2.33. The lowest BCUT2D eigenvalue weighted by Crippen LogP contribution is -2.54. The van der Waals surface area contributed by atoms with Gasteiger partial charge in [0.05, 0.1) is 11.9 Å². The van der Waals surface area contributed by atoms with Crippen molar-refractivity contribution < 1.29 is 27.5 Å². The topological polar surface area (TPSA) is 105 Å². The highest BCUT2D eigenvalue weighted by Crippen LogP contribution is 2.36. The zero-order valence-corrected chi connectivity index (χ0v) is 23.8. The van der Waals surface area contributed by atoms with Crippen LogP contribution in [0.4, 0.5) is 5.69 Å². The van der Waals surface area contributed by atoms with Crippen LogP contribution >= 0.6 is 0 Å². The van der Waals surface area contributed by atoms with Crippen LogP contribution < -0.4 is 19.1 Å². The Morgan fingerprint density at radius 2 is 1.55 bits per heavy atom. The SMILES string of the molecule is CC[C@H](C)NC(=O)[C@@H](Cc1ccccc1)N(Cc1ccccc1)C(=O)CN(c1ccc2c(c1)OCO2)S(C)(=O)=O. The van der Waals surface area contributed by atoms with Crippen LogP contribution in [0.2, 0.25) is 0 Å². The number of nitrogens with one attached hydrogen (secondary N) is 1. The largest absolute Gasteiger partial charge is 0.454 e. The Hall–Kier alpha value is -4.05. The molecular formula is C30H35N3O6S. The lowest BCUT2D eigenvalue weighted by molar-refractivity contribution is -0.140. The number of nitrogens with zero attached hydrogens (tertiary/aromatic N) is 2. The van der Waals surface area contributed by atoms with E-state index in [1.807, 2.05) is 74.5 Å². The molecule has 1 aliphatic heterocycles. The number of carbonyl (C=O) groups is 2. The molecule has 0 aliphatic carbocycles. The summed E-state index contributed by atoms with van der Waals surface area (Å²) < 4.78 is 37.7. The third-order valence-electron chi connectivity index (χ3n) is 6.79. The van der Waals surface area contributed by atoms with Crippen molar-refractivity contribution in [3.63, 3.8) is 0 Å². The fourth-order valence-corrected chi connectivity index (χ4v) is 5.27. The maximum Gasteiger partial charge on any atom is 0.244 e. The van der Waals surface area contributed by atoms with E-state index in [4.69, 9.17) is 9.47 Å². The number of ether oxygens (including phenoxy) is 2. The van der Waals surface area contributed by atoms with E-state index in [0.717, 1.165) is 28.1 Å². The fourth-order valence-electron chi connectivity index (χ4n) is 4.43. The van der Waals surface area contributed by atoms with Crippen LogP contribution in [-0.4, -0.2) is 56.8 Å². The van der Waals surface area contributed by atoms with Gasteiger partial charge in [0.15, 0.2) is 11.5 Å². The number of anilines is 1. The van der Waals surface area contributed by atoms with E-state index in [9.17, 15) is 18.0 Å². The van der Waals surface area contributed by atoms with Crippen LogP contribution in [-0.2, 0) is 32.6 Å². The maximum absolute atomic E-state index is 14.1. The van der Waals surface area contributed by atoms with Crippen molar-refractivity contribution in [2.45, 2.75) is 45.3 Å². The molecule has 0 unspecified atom stereocenters. The molecule has 0 radical (unpaired) electrons. The van der Waals surface area contributed by atoms with Crippen molar-refractivity contribution in [2.75, 3.05) is 23.9 Å². The smallest absolute Gasteiger partial charge is 0.244 e. The highest BCUT2D eigenvalue weighted by molar-refractivity contribution is 7.92. The monoisotopic (exact) mass is 565 g/mol. The summed E-state index contributed by atoms with van der Waals surface area (Å²) in [6, 6.07) is 22.6. The minimum Gasteiger partial charge on any atom is -0.454 e. The number of benzene rings is 3. The van der Waals surface area contributed by atoms with Gasteiger partial charge in [-0.05, 0) is 36.6 Å². The first-order valence-electron chi connectivity index (χ1n) is 13.2. The Balaban J connectivity index is 1.71. The average Bonchev–Trinajstić information content (AvgIpc) is 3.42. The van der Waals surface area contributed by atoms with Crippen LogP contribution in [0.3, 0.4) is 0 Å². The third-order valence-corrected chi connectivity index (χ3v) is 7.93. The summed E-state index contributed by atoms with van der Waals surface area (Å²) in [5.41, 5.74) is 1.97. The summed E-state index contributed by atoms with van der Waals surface area (Å²) in [4.78, 5) is 29.2. The van der Waals surface area contributed by atoms with Gasteiger partial charge in [-0.15, -0.1) is 0 Å². The third kappa shape index (κ3) is 7.32. The maximum atomic E-state index is 14.1. The van der Waals surface area contributed by atoms with Gasteiger partial charge in [-0.1, -0.05) is 67.6 Å². The van der Waals surface area contributed by atoms with Gasteiger partial charge in [-0.25, -0.2) is 8.42 Å². The Bertz CT molecular complexity index is 1420. The van der Waals surface area contributed by atoms with E-state index < -0.39 is 28.5 Å². The number of hydrogen-bond donors (Lipinski definition) is 1. The van der Waals surface area contributed by atoms with Gasteiger partial charge >= 0.3 is 0 Å². The van der Waals surface area contributed by atoms with E-state index in [-0.39, 0.29) is 37.4 Å². The zero-order valence-electron chi connectivity index (χ0n) is 22.9. The van der Waals surface area contributed by atoms with Crippen LogP contribution in [0, 0.1) is 0 Å². The zero-order chi connectivity index (χ0) is 28.7. The Labute approximate surface area is 235 Å². The van der Waals surface area contributed by atoms with Crippen molar-refractivity contribution in [2.24, 2.45) is 0 Å². The second-order valence-electron chi connectivity index (χ2n) is 9.84. The summed E-state index contributed by atoms with van der Waals surface area (Å²) in [6.07, 6.45) is 2.04. The number of sulfonamides is 1. The summed E-state index contributed by atoms with van der Waals surface area (Å²) in [5, 5.41) is 3.02. The molecule has 10 heteroatoms. The second kappa shape index (κ2) is 12.9. The predicted molar refractivity (Wildman–Crippen MR) is 154 cm³/mol. The molecule has 0 bridgehead atoms. The predicted octanol–water partition coefficient (Wildman–Crippen LogP) is 3.74. The van der Waals surface area contributed by atoms with Crippen LogP contribution in [0.25, 0.3) is 0 Å². The molecule has 0 fully saturated rings. The molecule has 3 aromatic carbocycles. The van der Waals surface area contributed by atoms with Crippen molar-refractivity contribution in [1.29, 1.82) is 0 Å². The minimum atomic E-state index is -3.88. The fraction of sp³-hybridized carbons (Fsp3) is 0.333. The second-order valence-corrected chi connectivity index (χ2v) is 11.7. The lowest BCUT2D eigenvalue weighted by Gasteiger charge is -2.34. The molecule has 2 atom stereocenters. The van der Waals surface area contributed by atoms with Crippen LogP contribution in [0.15, 0.2) is 78.9 Å². The number of hydrogen-bond acceptors (Lipinski definition) is 6. The van der Waals surface area contributed by atoms with Crippen LogP contribution in [0.5, 0.6) is 11.5 Å². The summed E-state index contributed by atoms with van der Waals surface area (Å²) in [6.45, 7) is 3.55. The van der Waals surface area contributed by atoms with Crippen molar-refractivity contribution in [1.82, 2.24) is 10.2 Å². The Morgan fingerprint density at radius 3 is 2.17 bits per heavy atom. The molecule has 0 saturated carbocycles. The molecule has 3 aromatic rings. The molecule has 0 spiro atoms. The molecule has 9 nitrogen and oxygen atoms in total. The summed E-state index contributed by atoms with van der Waals surface area (Å²) >= 11 is 0. The quantitative estimate of drug-likeness (QED) is 0.359. The van der Waals surface area contributed by atoms with E-state index >= 15 is 0 Å². The molecule has 2 amide bonds. The summed E-state index contributed by atoms with van der Waals surface area (Å²) in [5.74, 6) is 0.0946. The van der Waals surface area contributed by atoms with Gasteiger partial charge in [0.1, 0.15) is 12.6 Å². The van der Waals surface area contributed by atoms with E-state index in [1.54, 1.807) is 12.1 Å². The average molecular weight is 566 g/mol. The Kier molecular flexibility index (Phi) is 9.31. The van der Waals surface area contributed by atoms with Gasteiger partial charge in [0.25, 0.3) is 0 Å². The number of carbonyl (C=O) groups excluding carboxylic acids is 2. The molecule has 40 heavy (non-hydrogen) atoms. The normalized spacial score (nSPS) is 13.8. The first-order chi connectivity index (χ1) is 19.2. The van der Waals surface area contributed by atoms with E-state index in [1.165, 1.54) is 11.0 Å². The van der Waals surface area contributed by atoms with Crippen molar-refractivity contribution in [3.05, 3.63) is 90.0 Å². The molecule has 4 rings (SSSR count). The minimum absolute atomic E-state index is 0.0356. The molecule has 0 aromatic heterocycles. The van der Waals surface area contributed by atoms with Crippen molar-refractivity contribution >= 4 is 27.5 Å². The Morgan fingerprint density at radius 1 is 0.925 bits per heavy atom. The van der Waals surface area contributed by atoms with Gasteiger partial charge < -0.3 is 19.7 Å². The van der Waals surface area contributed by atoms with E-state index in [2.05, 4.69) is 5.32 Å². The summed E-state index contributed by atoms with van der Waals surface area (Å²) in [7, 11) is -3.88. The molecule has 212 valence electrons. The number of fused-ring (bicyclic) bond motifs is 1. The molecular weight excluding hydrogens is 530 g/mol. The van der Waals surface area contributed by atoms with Gasteiger partial charge in [0, 0.05) is 25.1 Å². The molecule has 1 N–H and O–H groups in total. The number of amides is 2.